The average Bonchev–Trinajstić information content (AvgIpc) is 3.00. The molecule has 96 valence electrons. The first-order chi connectivity index (χ1) is 8.31. The van der Waals surface area contributed by atoms with Gasteiger partial charge in [0.1, 0.15) is 5.01 Å². The van der Waals surface area contributed by atoms with Crippen LogP contribution in [0.3, 0.4) is 0 Å². The fraction of sp³-hybridized carbons (Fsp3) is 0.769. The summed E-state index contributed by atoms with van der Waals surface area (Å²) < 4.78 is 0. The van der Waals surface area contributed by atoms with Crippen molar-refractivity contribution in [1.29, 1.82) is 0 Å². The second-order valence-electron chi connectivity index (χ2n) is 4.94. The van der Waals surface area contributed by atoms with Crippen molar-refractivity contribution < 1.29 is 0 Å². The highest BCUT2D eigenvalue weighted by molar-refractivity contribution is 7.09. The molecule has 3 nitrogen and oxygen atoms in total. The monoisotopic (exact) mass is 253 g/mol. The first-order valence-electron chi connectivity index (χ1n) is 6.62. The van der Waals surface area contributed by atoms with Gasteiger partial charge in [-0.05, 0) is 38.8 Å². The SMILES string of the molecule is CCCN(Cc1csc(CNC)n1)CC1CC1. The summed E-state index contributed by atoms with van der Waals surface area (Å²) in [5.74, 6) is 0.969. The Morgan fingerprint density at radius 1 is 1.53 bits per heavy atom. The molecule has 0 aliphatic heterocycles. The normalized spacial score (nSPS) is 15.7. The summed E-state index contributed by atoms with van der Waals surface area (Å²) >= 11 is 1.77. The van der Waals surface area contributed by atoms with Crippen molar-refractivity contribution in [2.75, 3.05) is 20.1 Å². The number of hydrogen-bond acceptors (Lipinski definition) is 4. The Balaban J connectivity index is 1.85. The van der Waals surface area contributed by atoms with E-state index in [2.05, 4.69) is 27.5 Å². The standard InChI is InChI=1S/C13H23N3S/c1-3-6-16(8-11-4-5-11)9-12-10-17-13(15-12)7-14-2/h10-11,14H,3-9H2,1-2H3. The van der Waals surface area contributed by atoms with Gasteiger partial charge in [0.15, 0.2) is 0 Å². The molecule has 1 saturated carbocycles. The first kappa shape index (κ1) is 13.0. The van der Waals surface area contributed by atoms with Crippen LogP contribution in [0, 0.1) is 5.92 Å². The van der Waals surface area contributed by atoms with Crippen LogP contribution in [0.25, 0.3) is 0 Å². The maximum Gasteiger partial charge on any atom is 0.107 e. The molecular weight excluding hydrogens is 230 g/mol. The van der Waals surface area contributed by atoms with E-state index in [-0.39, 0.29) is 0 Å². The summed E-state index contributed by atoms with van der Waals surface area (Å²) in [6.07, 6.45) is 4.10. The van der Waals surface area contributed by atoms with E-state index in [0.717, 1.165) is 19.0 Å². The van der Waals surface area contributed by atoms with Gasteiger partial charge < -0.3 is 5.32 Å². The number of hydrogen-bond donors (Lipinski definition) is 1. The molecule has 1 fully saturated rings. The van der Waals surface area contributed by atoms with Crippen molar-refractivity contribution in [1.82, 2.24) is 15.2 Å². The molecule has 0 amide bonds. The molecule has 1 aliphatic rings. The average molecular weight is 253 g/mol. The van der Waals surface area contributed by atoms with E-state index < -0.39 is 0 Å². The number of aromatic nitrogens is 1. The lowest BCUT2D eigenvalue weighted by Crippen LogP contribution is -2.26. The Labute approximate surface area is 108 Å². The summed E-state index contributed by atoms with van der Waals surface area (Å²) in [6, 6.07) is 0. The van der Waals surface area contributed by atoms with E-state index in [1.165, 1.54) is 43.1 Å². The molecule has 0 saturated heterocycles. The third-order valence-electron chi connectivity index (χ3n) is 3.07. The zero-order chi connectivity index (χ0) is 12.1. The zero-order valence-electron chi connectivity index (χ0n) is 10.9. The highest BCUT2D eigenvalue weighted by Crippen LogP contribution is 2.30. The molecule has 4 heteroatoms. The van der Waals surface area contributed by atoms with Crippen molar-refractivity contribution in [2.45, 2.75) is 39.3 Å². The second-order valence-corrected chi connectivity index (χ2v) is 5.88. The van der Waals surface area contributed by atoms with Gasteiger partial charge in [0.2, 0.25) is 0 Å². The van der Waals surface area contributed by atoms with E-state index in [9.17, 15) is 0 Å². The fourth-order valence-electron chi connectivity index (χ4n) is 2.10. The van der Waals surface area contributed by atoms with E-state index in [1.807, 2.05) is 7.05 Å². The quantitative estimate of drug-likeness (QED) is 0.771. The summed E-state index contributed by atoms with van der Waals surface area (Å²) in [6.45, 7) is 6.65. The van der Waals surface area contributed by atoms with Gasteiger partial charge in [0.05, 0.1) is 5.69 Å². The van der Waals surface area contributed by atoms with Crippen LogP contribution in [0.1, 0.15) is 36.9 Å². The number of thiazole rings is 1. The van der Waals surface area contributed by atoms with Crippen molar-refractivity contribution >= 4 is 11.3 Å². The maximum atomic E-state index is 4.66. The molecule has 1 N–H and O–H groups in total. The molecule has 1 heterocycles. The van der Waals surface area contributed by atoms with Gasteiger partial charge in [-0.2, -0.15) is 0 Å². The van der Waals surface area contributed by atoms with Gasteiger partial charge in [0, 0.05) is 25.0 Å². The minimum Gasteiger partial charge on any atom is -0.314 e. The molecule has 0 bridgehead atoms. The summed E-state index contributed by atoms with van der Waals surface area (Å²) in [7, 11) is 1.97. The molecule has 0 unspecified atom stereocenters. The third-order valence-corrected chi connectivity index (χ3v) is 3.96. The van der Waals surface area contributed by atoms with Crippen LogP contribution in [0.5, 0.6) is 0 Å². The number of nitrogens with zero attached hydrogens (tertiary/aromatic N) is 2. The Kier molecular flexibility index (Phi) is 4.95. The van der Waals surface area contributed by atoms with Crippen LogP contribution in [-0.2, 0) is 13.1 Å². The summed E-state index contributed by atoms with van der Waals surface area (Å²) in [5, 5.41) is 6.56. The number of nitrogens with one attached hydrogen (secondary N) is 1. The molecule has 1 aromatic heterocycles. The van der Waals surface area contributed by atoms with Crippen LogP contribution < -0.4 is 5.32 Å². The predicted molar refractivity (Wildman–Crippen MR) is 73.2 cm³/mol. The van der Waals surface area contributed by atoms with E-state index in [0.29, 0.717) is 0 Å². The van der Waals surface area contributed by atoms with E-state index in [1.54, 1.807) is 11.3 Å². The van der Waals surface area contributed by atoms with Gasteiger partial charge in [-0.3, -0.25) is 4.90 Å². The molecular formula is C13H23N3S. The van der Waals surface area contributed by atoms with Gasteiger partial charge in [-0.25, -0.2) is 4.98 Å². The van der Waals surface area contributed by atoms with Crippen LogP contribution in [0.2, 0.25) is 0 Å². The minimum atomic E-state index is 0.890. The first-order valence-corrected chi connectivity index (χ1v) is 7.50. The topological polar surface area (TPSA) is 28.2 Å². The van der Waals surface area contributed by atoms with Gasteiger partial charge in [0.25, 0.3) is 0 Å². The highest BCUT2D eigenvalue weighted by atomic mass is 32.1. The third kappa shape index (κ3) is 4.37. The Morgan fingerprint density at radius 2 is 2.35 bits per heavy atom. The van der Waals surface area contributed by atoms with Crippen molar-refractivity contribution in [3.8, 4) is 0 Å². The van der Waals surface area contributed by atoms with Gasteiger partial charge >= 0.3 is 0 Å². The predicted octanol–water partition coefficient (Wildman–Crippen LogP) is 2.48. The second kappa shape index (κ2) is 6.47. The molecule has 0 radical (unpaired) electrons. The largest absolute Gasteiger partial charge is 0.314 e. The molecule has 0 spiro atoms. The Hall–Kier alpha value is -0.450. The highest BCUT2D eigenvalue weighted by Gasteiger charge is 2.24. The van der Waals surface area contributed by atoms with Gasteiger partial charge in [-0.1, -0.05) is 6.92 Å². The lowest BCUT2D eigenvalue weighted by molar-refractivity contribution is 0.252. The lowest BCUT2D eigenvalue weighted by atomic mass is 10.3. The molecule has 1 aliphatic carbocycles. The van der Waals surface area contributed by atoms with Crippen LogP contribution in [0.15, 0.2) is 5.38 Å². The van der Waals surface area contributed by atoms with Crippen molar-refractivity contribution in [2.24, 2.45) is 5.92 Å². The smallest absolute Gasteiger partial charge is 0.107 e. The lowest BCUT2D eigenvalue weighted by Gasteiger charge is -2.20. The van der Waals surface area contributed by atoms with Crippen LogP contribution in [-0.4, -0.2) is 30.0 Å². The Bertz CT molecular complexity index is 333. The van der Waals surface area contributed by atoms with Gasteiger partial charge in [-0.15, -0.1) is 11.3 Å². The van der Waals surface area contributed by atoms with E-state index >= 15 is 0 Å². The number of rotatable bonds is 8. The van der Waals surface area contributed by atoms with Crippen molar-refractivity contribution in [3.05, 3.63) is 16.1 Å². The van der Waals surface area contributed by atoms with Crippen LogP contribution in [0.4, 0.5) is 0 Å². The maximum absolute atomic E-state index is 4.66. The van der Waals surface area contributed by atoms with E-state index in [4.69, 9.17) is 0 Å². The summed E-state index contributed by atoms with van der Waals surface area (Å²) in [4.78, 5) is 7.23. The minimum absolute atomic E-state index is 0.890. The molecule has 1 aromatic rings. The Morgan fingerprint density at radius 3 is 3.00 bits per heavy atom. The zero-order valence-corrected chi connectivity index (χ0v) is 11.7. The fourth-order valence-corrected chi connectivity index (χ4v) is 2.90. The molecule has 2 rings (SSSR count). The van der Waals surface area contributed by atoms with Crippen molar-refractivity contribution in [3.63, 3.8) is 0 Å². The molecule has 0 atom stereocenters. The van der Waals surface area contributed by atoms with Crippen LogP contribution >= 0.6 is 11.3 Å². The molecule has 17 heavy (non-hydrogen) atoms. The molecule has 0 aromatic carbocycles. The summed E-state index contributed by atoms with van der Waals surface area (Å²) in [5.41, 5.74) is 1.24.